The summed E-state index contributed by atoms with van der Waals surface area (Å²) < 4.78 is 1.79. The van der Waals surface area contributed by atoms with Gasteiger partial charge in [-0.2, -0.15) is 0 Å². The first kappa shape index (κ1) is 15.4. The Morgan fingerprint density at radius 3 is 2.96 bits per heavy atom. The molecule has 0 spiro atoms. The van der Waals surface area contributed by atoms with Gasteiger partial charge in [-0.05, 0) is 36.4 Å². The molecule has 1 fully saturated rings. The molecule has 0 atom stereocenters. The normalized spacial score (nSPS) is 15.3. The number of carbonyl (C=O) groups is 1. The topological polar surface area (TPSA) is 95.2 Å². The third-order valence-electron chi connectivity index (χ3n) is 4.34. The second kappa shape index (κ2) is 7.15. The number of nitrogens with one attached hydrogen (secondary N) is 1. The summed E-state index contributed by atoms with van der Waals surface area (Å²) >= 11 is 0. The van der Waals surface area contributed by atoms with Crippen LogP contribution >= 0.6 is 0 Å². The van der Waals surface area contributed by atoms with Crippen molar-refractivity contribution in [2.75, 3.05) is 6.54 Å². The Kier molecular flexibility index (Phi) is 4.78. The summed E-state index contributed by atoms with van der Waals surface area (Å²) in [5.41, 5.74) is 10.4. The van der Waals surface area contributed by atoms with Gasteiger partial charge >= 0.3 is 0 Å². The molecule has 7 heteroatoms. The molecule has 23 heavy (non-hydrogen) atoms. The van der Waals surface area contributed by atoms with Crippen LogP contribution in [-0.2, 0) is 6.54 Å². The Morgan fingerprint density at radius 2 is 2.17 bits per heavy atom. The maximum absolute atomic E-state index is 12.3. The predicted octanol–water partition coefficient (Wildman–Crippen LogP) is 3.45. The fourth-order valence-electron chi connectivity index (χ4n) is 3.09. The Hall–Kier alpha value is -2.53. The van der Waals surface area contributed by atoms with E-state index in [-0.39, 0.29) is 12.5 Å². The van der Waals surface area contributed by atoms with Crippen molar-refractivity contribution in [1.29, 1.82) is 0 Å². The summed E-state index contributed by atoms with van der Waals surface area (Å²) in [4.78, 5) is 19.4. The van der Waals surface area contributed by atoms with Gasteiger partial charge in [-0.25, -0.2) is 4.98 Å². The second-order valence-electron chi connectivity index (χ2n) is 6.02. The third kappa shape index (κ3) is 3.81. The molecule has 1 N–H and O–H groups in total. The highest BCUT2D eigenvalue weighted by molar-refractivity contribution is 5.94. The van der Waals surface area contributed by atoms with E-state index >= 15 is 0 Å². The molecule has 3 rings (SSSR count). The Balaban J connectivity index is 1.66. The zero-order valence-electron chi connectivity index (χ0n) is 13.0. The summed E-state index contributed by atoms with van der Waals surface area (Å²) in [5.74, 6) is 0.558. The van der Waals surface area contributed by atoms with Gasteiger partial charge in [-0.1, -0.05) is 24.4 Å². The molecule has 0 saturated heterocycles. The van der Waals surface area contributed by atoms with Crippen molar-refractivity contribution in [3.8, 4) is 0 Å². The highest BCUT2D eigenvalue weighted by Gasteiger charge is 2.15. The summed E-state index contributed by atoms with van der Waals surface area (Å²) in [7, 11) is 0. The molecule has 0 aliphatic heterocycles. The van der Waals surface area contributed by atoms with E-state index in [1.54, 1.807) is 28.9 Å². The van der Waals surface area contributed by atoms with Crippen LogP contribution in [0.15, 0.2) is 29.6 Å². The molecule has 0 radical (unpaired) electrons. The van der Waals surface area contributed by atoms with E-state index in [0.717, 1.165) is 12.2 Å². The van der Waals surface area contributed by atoms with Crippen LogP contribution in [0.5, 0.6) is 0 Å². The first-order valence-electron chi connectivity index (χ1n) is 8.03. The van der Waals surface area contributed by atoms with Crippen LogP contribution < -0.4 is 5.32 Å². The fraction of sp³-hybridized carbons (Fsp3) is 0.500. The maximum Gasteiger partial charge on any atom is 0.252 e. The average molecular weight is 312 g/mol. The summed E-state index contributed by atoms with van der Waals surface area (Å²) in [6.07, 6.45) is 9.83. The lowest BCUT2D eigenvalue weighted by molar-refractivity contribution is 0.0943. The SMILES string of the molecule is [N-]=[N+]=NCc1cn2cc(C(=O)NCC3CCCCC3)ccc2n1. The van der Waals surface area contributed by atoms with E-state index in [2.05, 4.69) is 20.3 Å². The van der Waals surface area contributed by atoms with Gasteiger partial charge in [0.1, 0.15) is 5.65 Å². The second-order valence-corrected chi connectivity index (χ2v) is 6.02. The van der Waals surface area contributed by atoms with Crippen LogP contribution in [0.1, 0.15) is 48.2 Å². The predicted molar refractivity (Wildman–Crippen MR) is 87.0 cm³/mol. The number of aromatic nitrogens is 2. The first-order chi connectivity index (χ1) is 11.3. The van der Waals surface area contributed by atoms with E-state index in [1.807, 2.05) is 0 Å². The van der Waals surface area contributed by atoms with E-state index in [0.29, 0.717) is 17.2 Å². The van der Waals surface area contributed by atoms with Crippen molar-refractivity contribution in [1.82, 2.24) is 14.7 Å². The number of pyridine rings is 1. The monoisotopic (exact) mass is 312 g/mol. The molecule has 0 unspecified atom stereocenters. The molecular weight excluding hydrogens is 292 g/mol. The van der Waals surface area contributed by atoms with Crippen LogP contribution in [0, 0.1) is 5.92 Å². The molecule has 1 aliphatic carbocycles. The van der Waals surface area contributed by atoms with Gasteiger partial charge in [-0.3, -0.25) is 4.79 Å². The lowest BCUT2D eigenvalue weighted by Gasteiger charge is -2.21. The average Bonchev–Trinajstić information content (AvgIpc) is 3.00. The van der Waals surface area contributed by atoms with Gasteiger partial charge in [0.25, 0.3) is 5.91 Å². The van der Waals surface area contributed by atoms with Gasteiger partial charge < -0.3 is 9.72 Å². The van der Waals surface area contributed by atoms with Crippen LogP contribution in [0.4, 0.5) is 0 Å². The largest absolute Gasteiger partial charge is 0.352 e. The maximum atomic E-state index is 12.3. The van der Waals surface area contributed by atoms with Gasteiger partial charge in [0.2, 0.25) is 0 Å². The molecule has 120 valence electrons. The molecule has 1 amide bonds. The number of hydrogen-bond acceptors (Lipinski definition) is 3. The van der Waals surface area contributed by atoms with Crippen LogP contribution in [0.2, 0.25) is 0 Å². The zero-order chi connectivity index (χ0) is 16.1. The Labute approximate surface area is 134 Å². The van der Waals surface area contributed by atoms with E-state index in [1.165, 1.54) is 32.1 Å². The Morgan fingerprint density at radius 1 is 1.35 bits per heavy atom. The molecule has 0 aromatic carbocycles. The van der Waals surface area contributed by atoms with Crippen molar-refractivity contribution < 1.29 is 4.79 Å². The number of hydrogen-bond donors (Lipinski definition) is 1. The molecule has 2 aromatic rings. The van der Waals surface area contributed by atoms with E-state index < -0.39 is 0 Å². The van der Waals surface area contributed by atoms with E-state index in [4.69, 9.17) is 5.53 Å². The van der Waals surface area contributed by atoms with E-state index in [9.17, 15) is 4.79 Å². The van der Waals surface area contributed by atoms with Crippen molar-refractivity contribution in [2.24, 2.45) is 11.0 Å². The number of azide groups is 1. The van der Waals surface area contributed by atoms with Crippen molar-refractivity contribution in [3.63, 3.8) is 0 Å². The number of carbonyl (C=O) groups excluding carboxylic acids is 1. The molecular formula is C16H20N6O. The first-order valence-corrected chi connectivity index (χ1v) is 8.03. The lowest BCUT2D eigenvalue weighted by Crippen LogP contribution is -2.30. The quantitative estimate of drug-likeness (QED) is 0.520. The molecule has 1 aliphatic rings. The Bertz CT molecular complexity index is 740. The van der Waals surface area contributed by atoms with Crippen LogP contribution in [0.25, 0.3) is 16.1 Å². The van der Waals surface area contributed by atoms with Crippen molar-refractivity contribution in [2.45, 2.75) is 38.6 Å². The minimum atomic E-state index is -0.0530. The molecule has 7 nitrogen and oxygen atoms in total. The van der Waals surface area contributed by atoms with Crippen molar-refractivity contribution in [3.05, 3.63) is 46.2 Å². The number of amides is 1. The van der Waals surface area contributed by atoms with Gasteiger partial charge in [-0.15, -0.1) is 0 Å². The summed E-state index contributed by atoms with van der Waals surface area (Å²) in [6.45, 7) is 0.963. The number of imidazole rings is 1. The molecule has 0 bridgehead atoms. The number of fused-ring (bicyclic) bond motifs is 1. The molecule has 2 aromatic heterocycles. The van der Waals surface area contributed by atoms with Gasteiger partial charge in [0.05, 0.1) is 17.8 Å². The lowest BCUT2D eigenvalue weighted by atomic mass is 9.89. The molecule has 1 saturated carbocycles. The van der Waals surface area contributed by atoms with Gasteiger partial charge in [0.15, 0.2) is 0 Å². The summed E-state index contributed by atoms with van der Waals surface area (Å²) in [5, 5.41) is 6.54. The standard InChI is InChI=1S/C16H20N6O/c17-21-19-9-14-11-22-10-13(6-7-15(22)20-14)16(23)18-8-12-4-2-1-3-5-12/h6-7,10-12H,1-5,8-9H2,(H,18,23). The fourth-order valence-corrected chi connectivity index (χ4v) is 3.09. The number of nitrogens with zero attached hydrogens (tertiary/aromatic N) is 5. The smallest absolute Gasteiger partial charge is 0.252 e. The van der Waals surface area contributed by atoms with Crippen molar-refractivity contribution >= 4 is 11.6 Å². The zero-order valence-corrected chi connectivity index (χ0v) is 13.0. The third-order valence-corrected chi connectivity index (χ3v) is 4.34. The minimum absolute atomic E-state index is 0.0530. The van der Waals surface area contributed by atoms with Crippen LogP contribution in [-0.4, -0.2) is 21.8 Å². The number of rotatable bonds is 5. The summed E-state index contributed by atoms with van der Waals surface area (Å²) in [6, 6.07) is 3.57. The molecule has 2 heterocycles. The highest BCUT2D eigenvalue weighted by Crippen LogP contribution is 2.22. The van der Waals surface area contributed by atoms with Crippen LogP contribution in [0.3, 0.4) is 0 Å². The minimum Gasteiger partial charge on any atom is -0.352 e. The highest BCUT2D eigenvalue weighted by atomic mass is 16.1. The van der Waals surface area contributed by atoms with Gasteiger partial charge in [0, 0.05) is 23.9 Å².